The minimum absolute atomic E-state index is 0.321. The Hall–Kier alpha value is -1.06. The third-order valence-electron chi connectivity index (χ3n) is 2.54. The van der Waals surface area contributed by atoms with Crippen molar-refractivity contribution < 1.29 is 9.13 Å². The monoisotopic (exact) mass is 328 g/mol. The summed E-state index contributed by atoms with van der Waals surface area (Å²) in [6, 6.07) is 9.86. The van der Waals surface area contributed by atoms with E-state index in [4.69, 9.17) is 16.3 Å². The van der Waals surface area contributed by atoms with Gasteiger partial charge in [-0.1, -0.05) is 39.7 Å². The minimum Gasteiger partial charge on any atom is -0.457 e. The van der Waals surface area contributed by atoms with Crippen LogP contribution in [0.15, 0.2) is 36.4 Å². The van der Waals surface area contributed by atoms with Crippen LogP contribution in [-0.4, -0.2) is 0 Å². The molecule has 2 aromatic rings. The molecule has 18 heavy (non-hydrogen) atoms. The molecule has 0 fully saturated rings. The van der Waals surface area contributed by atoms with E-state index >= 15 is 0 Å². The average molecular weight is 330 g/mol. The molecule has 0 N–H and O–H groups in total. The molecule has 0 atom stereocenters. The summed E-state index contributed by atoms with van der Waals surface area (Å²) in [6.45, 7) is 1.87. The van der Waals surface area contributed by atoms with Gasteiger partial charge in [0.15, 0.2) is 0 Å². The topological polar surface area (TPSA) is 9.23 Å². The van der Waals surface area contributed by atoms with Crippen molar-refractivity contribution in [3.63, 3.8) is 0 Å². The van der Waals surface area contributed by atoms with Crippen LogP contribution in [0.2, 0.25) is 5.02 Å². The highest BCUT2D eigenvalue weighted by molar-refractivity contribution is 9.08. The third kappa shape index (κ3) is 3.03. The molecule has 4 heteroatoms. The summed E-state index contributed by atoms with van der Waals surface area (Å²) in [7, 11) is 0. The van der Waals surface area contributed by atoms with Gasteiger partial charge in [-0.15, -0.1) is 0 Å². The quantitative estimate of drug-likeness (QED) is 0.678. The third-order valence-corrected chi connectivity index (χ3v) is 3.38. The van der Waals surface area contributed by atoms with E-state index in [0.29, 0.717) is 21.9 Å². The first-order chi connectivity index (χ1) is 8.60. The van der Waals surface area contributed by atoms with E-state index in [-0.39, 0.29) is 5.82 Å². The summed E-state index contributed by atoms with van der Waals surface area (Å²) in [5, 5.41) is 1.23. The van der Waals surface area contributed by atoms with Crippen LogP contribution in [0.4, 0.5) is 4.39 Å². The molecule has 94 valence electrons. The van der Waals surface area contributed by atoms with Crippen molar-refractivity contribution >= 4 is 27.5 Å². The van der Waals surface area contributed by atoms with Gasteiger partial charge in [0.25, 0.3) is 0 Å². The van der Waals surface area contributed by atoms with Gasteiger partial charge in [0.2, 0.25) is 0 Å². The predicted molar refractivity (Wildman–Crippen MR) is 75.3 cm³/mol. The van der Waals surface area contributed by atoms with Crippen molar-refractivity contribution in [3.8, 4) is 11.5 Å². The Balaban J connectivity index is 2.38. The van der Waals surface area contributed by atoms with Crippen LogP contribution in [0, 0.1) is 12.7 Å². The molecule has 0 aromatic heterocycles. The van der Waals surface area contributed by atoms with E-state index in [1.165, 1.54) is 12.1 Å². The van der Waals surface area contributed by atoms with Gasteiger partial charge >= 0.3 is 0 Å². The average Bonchev–Trinajstić information content (AvgIpc) is 2.34. The molecule has 2 rings (SSSR count). The van der Waals surface area contributed by atoms with Crippen molar-refractivity contribution in [2.45, 2.75) is 12.3 Å². The first-order valence-corrected chi connectivity index (χ1v) is 6.88. The number of aryl methyl sites for hydroxylation is 1. The molecular formula is C14H11BrClFO. The van der Waals surface area contributed by atoms with E-state index in [9.17, 15) is 4.39 Å². The molecule has 0 aliphatic rings. The largest absolute Gasteiger partial charge is 0.457 e. The van der Waals surface area contributed by atoms with Gasteiger partial charge in [0, 0.05) is 22.0 Å². The lowest BCUT2D eigenvalue weighted by atomic mass is 10.2. The number of rotatable bonds is 3. The molecule has 1 nitrogen and oxygen atoms in total. The molecule has 0 radical (unpaired) electrons. The number of alkyl halides is 1. The second kappa shape index (κ2) is 5.72. The Morgan fingerprint density at radius 2 is 1.94 bits per heavy atom. The first kappa shape index (κ1) is 13.4. The number of benzene rings is 2. The normalized spacial score (nSPS) is 10.4. The zero-order valence-electron chi connectivity index (χ0n) is 9.71. The van der Waals surface area contributed by atoms with E-state index in [0.717, 1.165) is 11.1 Å². The molecule has 0 unspecified atom stereocenters. The second-order valence-electron chi connectivity index (χ2n) is 3.90. The number of hydrogen-bond donors (Lipinski definition) is 0. The van der Waals surface area contributed by atoms with Crippen LogP contribution < -0.4 is 4.74 Å². The summed E-state index contributed by atoms with van der Waals surface area (Å²) >= 11 is 9.32. The van der Waals surface area contributed by atoms with E-state index in [2.05, 4.69) is 15.9 Å². The lowest BCUT2D eigenvalue weighted by Crippen LogP contribution is -1.92. The fourth-order valence-electron chi connectivity index (χ4n) is 1.54. The zero-order valence-corrected chi connectivity index (χ0v) is 12.1. The molecule has 0 bridgehead atoms. The van der Waals surface area contributed by atoms with Crippen LogP contribution in [0.3, 0.4) is 0 Å². The zero-order chi connectivity index (χ0) is 13.1. The first-order valence-electron chi connectivity index (χ1n) is 5.38. The van der Waals surface area contributed by atoms with Crippen molar-refractivity contribution in [1.29, 1.82) is 0 Å². The van der Waals surface area contributed by atoms with Crippen LogP contribution >= 0.6 is 27.5 Å². The van der Waals surface area contributed by atoms with Gasteiger partial charge in [-0.25, -0.2) is 4.39 Å². The summed E-state index contributed by atoms with van der Waals surface area (Å²) in [4.78, 5) is 0. The van der Waals surface area contributed by atoms with Crippen molar-refractivity contribution in [2.75, 3.05) is 0 Å². The number of ether oxygens (including phenoxy) is 1. The molecule has 2 aromatic carbocycles. The highest BCUT2D eigenvalue weighted by atomic mass is 79.9. The molecule has 0 saturated heterocycles. The Bertz CT molecular complexity index is 572. The summed E-state index contributed by atoms with van der Waals surface area (Å²) in [5.41, 5.74) is 1.83. The molecule has 0 amide bonds. The van der Waals surface area contributed by atoms with E-state index in [1.54, 1.807) is 18.2 Å². The second-order valence-corrected chi connectivity index (χ2v) is 4.89. The Labute approximate surface area is 119 Å². The highest BCUT2D eigenvalue weighted by Gasteiger charge is 2.08. The molecule has 0 aliphatic heterocycles. The highest BCUT2D eigenvalue weighted by Crippen LogP contribution is 2.31. The molecule has 0 heterocycles. The van der Waals surface area contributed by atoms with Gasteiger partial charge < -0.3 is 4.74 Å². The van der Waals surface area contributed by atoms with Crippen LogP contribution in [0.5, 0.6) is 11.5 Å². The molecule has 0 saturated carbocycles. The van der Waals surface area contributed by atoms with Gasteiger partial charge in [-0.3, -0.25) is 0 Å². The predicted octanol–water partition coefficient (Wildman–Crippen LogP) is 5.47. The van der Waals surface area contributed by atoms with Gasteiger partial charge in [-0.2, -0.15) is 0 Å². The van der Waals surface area contributed by atoms with Crippen molar-refractivity contribution in [1.82, 2.24) is 0 Å². The Kier molecular flexibility index (Phi) is 4.25. The Morgan fingerprint density at radius 3 is 2.67 bits per heavy atom. The van der Waals surface area contributed by atoms with Crippen molar-refractivity contribution in [3.05, 3.63) is 58.4 Å². The maximum Gasteiger partial charge on any atom is 0.133 e. The van der Waals surface area contributed by atoms with Gasteiger partial charge in [0.05, 0.1) is 0 Å². The van der Waals surface area contributed by atoms with Crippen LogP contribution in [0.25, 0.3) is 0 Å². The van der Waals surface area contributed by atoms with Gasteiger partial charge in [0.1, 0.15) is 17.3 Å². The lowest BCUT2D eigenvalue weighted by Gasteiger charge is -2.12. The van der Waals surface area contributed by atoms with Crippen molar-refractivity contribution in [2.24, 2.45) is 0 Å². The molecular weight excluding hydrogens is 319 g/mol. The maximum atomic E-state index is 13.2. The maximum absolute atomic E-state index is 13.2. The summed E-state index contributed by atoms with van der Waals surface area (Å²) in [5.74, 6) is 0.811. The van der Waals surface area contributed by atoms with Crippen LogP contribution in [-0.2, 0) is 5.33 Å². The van der Waals surface area contributed by atoms with Gasteiger partial charge in [-0.05, 0) is 30.7 Å². The summed E-state index contributed by atoms with van der Waals surface area (Å²) < 4.78 is 18.9. The van der Waals surface area contributed by atoms with E-state index in [1.807, 2.05) is 13.0 Å². The Morgan fingerprint density at radius 1 is 1.17 bits per heavy atom. The summed E-state index contributed by atoms with van der Waals surface area (Å²) in [6.07, 6.45) is 0. The number of hydrogen-bond acceptors (Lipinski definition) is 1. The minimum atomic E-state index is -0.321. The SMILES string of the molecule is Cc1ccc(F)cc1Oc1cc(Cl)ccc1CBr. The smallest absolute Gasteiger partial charge is 0.133 e. The standard InChI is InChI=1S/C14H11BrClFO/c1-9-2-5-12(17)7-13(9)18-14-6-11(16)4-3-10(14)8-15/h2-7H,8H2,1H3. The van der Waals surface area contributed by atoms with Crippen LogP contribution in [0.1, 0.15) is 11.1 Å². The number of halogens is 3. The fourth-order valence-corrected chi connectivity index (χ4v) is 2.16. The van der Waals surface area contributed by atoms with E-state index < -0.39 is 0 Å². The molecule has 0 spiro atoms. The molecule has 0 aliphatic carbocycles. The lowest BCUT2D eigenvalue weighted by molar-refractivity contribution is 0.469. The fraction of sp³-hybridized carbons (Fsp3) is 0.143.